The molecule has 0 bridgehead atoms. The lowest BCUT2D eigenvalue weighted by molar-refractivity contribution is 0.102. The van der Waals surface area contributed by atoms with E-state index < -0.39 is 10.0 Å². The molecule has 1 aromatic heterocycles. The van der Waals surface area contributed by atoms with E-state index in [1.165, 1.54) is 35.6 Å². The predicted octanol–water partition coefficient (Wildman–Crippen LogP) is 4.03. The van der Waals surface area contributed by atoms with Gasteiger partial charge in [0.2, 0.25) is 10.0 Å². The van der Waals surface area contributed by atoms with Crippen LogP contribution >= 0.6 is 0 Å². The van der Waals surface area contributed by atoms with Crippen LogP contribution in [0, 0.1) is 0 Å². The van der Waals surface area contributed by atoms with Crippen molar-refractivity contribution < 1.29 is 13.2 Å². The Morgan fingerprint density at radius 1 is 0.931 bits per heavy atom. The lowest BCUT2D eigenvalue weighted by atomic mass is 10.1. The third kappa shape index (κ3) is 4.70. The number of amides is 1. The summed E-state index contributed by atoms with van der Waals surface area (Å²) < 4.78 is 26.3. The normalized spacial score (nSPS) is 11.6. The van der Waals surface area contributed by atoms with E-state index >= 15 is 0 Å². The summed E-state index contributed by atoms with van der Waals surface area (Å²) >= 11 is 0. The highest BCUT2D eigenvalue weighted by molar-refractivity contribution is 7.89. The first-order chi connectivity index (χ1) is 13.8. The number of rotatable bonds is 6. The molecule has 3 rings (SSSR count). The van der Waals surface area contributed by atoms with Crippen LogP contribution in [0.15, 0.2) is 77.8 Å². The molecule has 2 aromatic carbocycles. The zero-order valence-electron chi connectivity index (χ0n) is 16.5. The summed E-state index contributed by atoms with van der Waals surface area (Å²) in [4.78, 5) is 16.9. The van der Waals surface area contributed by atoms with Crippen LogP contribution in [-0.2, 0) is 10.0 Å². The molecule has 0 spiro atoms. The predicted molar refractivity (Wildman–Crippen MR) is 114 cm³/mol. The Labute approximate surface area is 171 Å². The van der Waals surface area contributed by atoms with E-state index in [0.29, 0.717) is 11.4 Å². The van der Waals surface area contributed by atoms with Gasteiger partial charge in [-0.05, 0) is 55.8 Å². The van der Waals surface area contributed by atoms with E-state index in [1.54, 1.807) is 26.1 Å². The van der Waals surface area contributed by atoms with Gasteiger partial charge in [0.05, 0.1) is 4.90 Å². The number of pyridine rings is 1. The van der Waals surface area contributed by atoms with Gasteiger partial charge >= 0.3 is 0 Å². The first-order valence-electron chi connectivity index (χ1n) is 9.20. The second-order valence-electron chi connectivity index (χ2n) is 6.89. The summed E-state index contributed by atoms with van der Waals surface area (Å²) in [5, 5.41) is 2.73. The molecule has 3 aromatic rings. The summed E-state index contributed by atoms with van der Waals surface area (Å²) in [5.74, 6) is 0.0667. The molecule has 29 heavy (non-hydrogen) atoms. The Kier molecular flexibility index (Phi) is 6.10. The molecule has 1 heterocycles. The minimum atomic E-state index is -3.58. The van der Waals surface area contributed by atoms with Crippen LogP contribution < -0.4 is 5.32 Å². The van der Waals surface area contributed by atoms with Gasteiger partial charge in [0.1, 0.15) is 5.82 Å². The van der Waals surface area contributed by atoms with Gasteiger partial charge in [-0.2, -0.15) is 4.31 Å². The van der Waals surface area contributed by atoms with Crippen molar-refractivity contribution >= 4 is 21.7 Å². The standard InChI is InChI=1S/C22H23N3O3S/c1-16(2)25(3)29(27,28)20-12-9-18(10-13-20)22(26)24-21-14-11-19(15-23-21)17-7-5-4-6-8-17/h4-16H,1-3H3,(H,23,24,26). The number of nitrogens with one attached hydrogen (secondary N) is 1. The van der Waals surface area contributed by atoms with Crippen molar-refractivity contribution in [2.45, 2.75) is 24.8 Å². The van der Waals surface area contributed by atoms with E-state index in [4.69, 9.17) is 0 Å². The highest BCUT2D eigenvalue weighted by atomic mass is 32.2. The number of hydrogen-bond acceptors (Lipinski definition) is 4. The maximum atomic E-state index is 12.5. The van der Waals surface area contributed by atoms with Gasteiger partial charge in [-0.1, -0.05) is 30.3 Å². The molecule has 0 unspecified atom stereocenters. The average molecular weight is 410 g/mol. The van der Waals surface area contributed by atoms with Crippen molar-refractivity contribution in [3.8, 4) is 11.1 Å². The van der Waals surface area contributed by atoms with E-state index in [9.17, 15) is 13.2 Å². The number of sulfonamides is 1. The van der Waals surface area contributed by atoms with Gasteiger partial charge in [-0.25, -0.2) is 13.4 Å². The molecule has 0 radical (unpaired) electrons. The fourth-order valence-electron chi connectivity index (χ4n) is 2.68. The molecule has 1 N–H and O–H groups in total. The van der Waals surface area contributed by atoms with Crippen molar-refractivity contribution in [2.75, 3.05) is 12.4 Å². The molecular formula is C22H23N3O3S. The zero-order chi connectivity index (χ0) is 21.0. The minimum Gasteiger partial charge on any atom is -0.307 e. The molecule has 1 amide bonds. The number of carbonyl (C=O) groups is 1. The second-order valence-corrected chi connectivity index (χ2v) is 8.89. The molecule has 0 atom stereocenters. The number of anilines is 1. The highest BCUT2D eigenvalue weighted by Crippen LogP contribution is 2.20. The van der Waals surface area contributed by atoms with Crippen molar-refractivity contribution in [2.24, 2.45) is 0 Å². The highest BCUT2D eigenvalue weighted by Gasteiger charge is 2.23. The first-order valence-corrected chi connectivity index (χ1v) is 10.6. The van der Waals surface area contributed by atoms with Gasteiger partial charge in [0.15, 0.2) is 0 Å². The quantitative estimate of drug-likeness (QED) is 0.667. The van der Waals surface area contributed by atoms with Crippen LogP contribution in [0.2, 0.25) is 0 Å². The molecule has 0 saturated heterocycles. The van der Waals surface area contributed by atoms with Crippen LogP contribution in [0.5, 0.6) is 0 Å². The van der Waals surface area contributed by atoms with Crippen LogP contribution in [-0.4, -0.2) is 36.7 Å². The number of hydrogen-bond donors (Lipinski definition) is 1. The van der Waals surface area contributed by atoms with Crippen LogP contribution in [0.4, 0.5) is 5.82 Å². The van der Waals surface area contributed by atoms with Gasteiger partial charge in [0.25, 0.3) is 5.91 Å². The maximum absolute atomic E-state index is 12.5. The number of nitrogens with zero attached hydrogens (tertiary/aromatic N) is 2. The monoisotopic (exact) mass is 409 g/mol. The Bertz CT molecular complexity index is 1080. The number of aromatic nitrogens is 1. The number of benzene rings is 2. The third-order valence-electron chi connectivity index (χ3n) is 4.63. The van der Waals surface area contributed by atoms with Gasteiger partial charge < -0.3 is 5.32 Å². The van der Waals surface area contributed by atoms with E-state index in [2.05, 4.69) is 10.3 Å². The molecule has 0 aliphatic rings. The summed E-state index contributed by atoms with van der Waals surface area (Å²) in [6, 6.07) is 19.2. The molecule has 0 aliphatic heterocycles. The minimum absolute atomic E-state index is 0.149. The van der Waals surface area contributed by atoms with Crippen LogP contribution in [0.25, 0.3) is 11.1 Å². The van der Waals surface area contributed by atoms with E-state index in [1.807, 2.05) is 36.4 Å². The summed E-state index contributed by atoms with van der Waals surface area (Å²) in [6.45, 7) is 3.60. The SMILES string of the molecule is CC(C)N(C)S(=O)(=O)c1ccc(C(=O)Nc2ccc(-c3ccccc3)cn2)cc1. The Balaban J connectivity index is 1.71. The average Bonchev–Trinajstić information content (AvgIpc) is 2.74. The molecule has 150 valence electrons. The Morgan fingerprint density at radius 2 is 1.59 bits per heavy atom. The summed E-state index contributed by atoms with van der Waals surface area (Å²) in [7, 11) is -2.05. The number of carbonyl (C=O) groups excluding carboxylic acids is 1. The van der Waals surface area contributed by atoms with Crippen molar-refractivity contribution in [1.82, 2.24) is 9.29 Å². The maximum Gasteiger partial charge on any atom is 0.256 e. The fraction of sp³-hybridized carbons (Fsp3) is 0.182. The molecule has 6 nitrogen and oxygen atoms in total. The van der Waals surface area contributed by atoms with Gasteiger partial charge in [-0.15, -0.1) is 0 Å². The molecule has 0 aliphatic carbocycles. The van der Waals surface area contributed by atoms with E-state index in [0.717, 1.165) is 11.1 Å². The van der Waals surface area contributed by atoms with Gasteiger partial charge in [0, 0.05) is 30.4 Å². The molecule has 0 fully saturated rings. The van der Waals surface area contributed by atoms with Crippen LogP contribution in [0.1, 0.15) is 24.2 Å². The van der Waals surface area contributed by atoms with Crippen molar-refractivity contribution in [1.29, 1.82) is 0 Å². The summed E-state index contributed by atoms with van der Waals surface area (Å²) in [5.41, 5.74) is 2.35. The smallest absolute Gasteiger partial charge is 0.256 e. The first kappa shape index (κ1) is 20.7. The zero-order valence-corrected chi connectivity index (χ0v) is 17.3. The topological polar surface area (TPSA) is 79.4 Å². The largest absolute Gasteiger partial charge is 0.307 e. The lowest BCUT2D eigenvalue weighted by Crippen LogP contribution is -2.33. The van der Waals surface area contributed by atoms with Crippen molar-refractivity contribution in [3.63, 3.8) is 0 Å². The summed E-state index contributed by atoms with van der Waals surface area (Å²) in [6.07, 6.45) is 1.70. The Hall–Kier alpha value is -3.03. The Morgan fingerprint density at radius 3 is 2.14 bits per heavy atom. The fourth-order valence-corrected chi connectivity index (χ4v) is 4.05. The van der Waals surface area contributed by atoms with Gasteiger partial charge in [-0.3, -0.25) is 4.79 Å². The molecule has 7 heteroatoms. The third-order valence-corrected chi connectivity index (χ3v) is 6.68. The lowest BCUT2D eigenvalue weighted by Gasteiger charge is -2.21. The molecule has 0 saturated carbocycles. The van der Waals surface area contributed by atoms with Crippen LogP contribution in [0.3, 0.4) is 0 Å². The second kappa shape index (κ2) is 8.55. The van der Waals surface area contributed by atoms with Crippen molar-refractivity contribution in [3.05, 3.63) is 78.5 Å². The van der Waals surface area contributed by atoms with E-state index in [-0.39, 0.29) is 16.8 Å². The molecular weight excluding hydrogens is 386 g/mol.